The normalized spacial score (nSPS) is 13.1. The molecule has 3 aromatic carbocycles. The predicted molar refractivity (Wildman–Crippen MR) is 130 cm³/mol. The van der Waals surface area contributed by atoms with Gasteiger partial charge in [0.05, 0.1) is 10.2 Å². The van der Waals surface area contributed by atoms with Crippen LogP contribution in [-0.4, -0.2) is 29.3 Å². The Hall–Kier alpha value is -3.03. The topological polar surface area (TPSA) is 52.8 Å². The van der Waals surface area contributed by atoms with E-state index in [1.54, 1.807) is 11.8 Å². The van der Waals surface area contributed by atoms with Gasteiger partial charge in [0.1, 0.15) is 0 Å². The van der Waals surface area contributed by atoms with Gasteiger partial charge in [-0.1, -0.05) is 53.8 Å². The molecule has 4 aromatic rings. The molecule has 7 heteroatoms. The number of hydrogen-bond donors (Lipinski definition) is 0. The molecule has 1 amide bonds. The van der Waals surface area contributed by atoms with Gasteiger partial charge in [0.25, 0.3) is 5.91 Å². The van der Waals surface area contributed by atoms with Gasteiger partial charge in [0.15, 0.2) is 16.3 Å². The minimum Gasteiger partial charge on any atom is -0.454 e. The monoisotopic (exact) mass is 462 g/mol. The number of amides is 1. The first-order chi connectivity index (χ1) is 15.7. The van der Waals surface area contributed by atoms with E-state index in [0.29, 0.717) is 10.4 Å². The van der Waals surface area contributed by atoms with Crippen LogP contribution in [0.4, 0.5) is 0 Å². The van der Waals surface area contributed by atoms with Gasteiger partial charge in [-0.25, -0.2) is 0 Å². The summed E-state index contributed by atoms with van der Waals surface area (Å²) in [4.78, 5) is 18.1. The molecule has 1 aromatic heterocycles. The van der Waals surface area contributed by atoms with Crippen LogP contribution >= 0.6 is 23.1 Å². The van der Waals surface area contributed by atoms with E-state index in [1.165, 1.54) is 22.5 Å². The molecule has 0 radical (unpaired) electrons. The van der Waals surface area contributed by atoms with Crippen molar-refractivity contribution in [2.24, 2.45) is 4.99 Å². The highest BCUT2D eigenvalue weighted by atomic mass is 32.2. The van der Waals surface area contributed by atoms with Crippen molar-refractivity contribution in [3.05, 3.63) is 88.2 Å². The second kappa shape index (κ2) is 9.22. The van der Waals surface area contributed by atoms with Crippen LogP contribution in [0.2, 0.25) is 0 Å². The summed E-state index contributed by atoms with van der Waals surface area (Å²) < 4.78 is 14.2. The second-order valence-electron chi connectivity index (χ2n) is 7.48. The van der Waals surface area contributed by atoms with Gasteiger partial charge in [-0.05, 0) is 35.9 Å². The molecular formula is C25H22N2O3S2. The van der Waals surface area contributed by atoms with Crippen LogP contribution in [0.15, 0.2) is 71.7 Å². The van der Waals surface area contributed by atoms with Gasteiger partial charge in [-0.15, -0.1) is 0 Å². The number of rotatable bonds is 6. The van der Waals surface area contributed by atoms with E-state index in [9.17, 15) is 4.79 Å². The van der Waals surface area contributed by atoms with E-state index < -0.39 is 0 Å². The first-order valence-electron chi connectivity index (χ1n) is 10.3. The molecule has 1 aliphatic heterocycles. The molecule has 0 saturated heterocycles. The summed E-state index contributed by atoms with van der Waals surface area (Å²) >= 11 is 3.26. The molecular weight excluding hydrogens is 440 g/mol. The molecule has 5 rings (SSSR count). The van der Waals surface area contributed by atoms with E-state index in [0.717, 1.165) is 40.4 Å². The zero-order chi connectivity index (χ0) is 21.9. The highest BCUT2D eigenvalue weighted by molar-refractivity contribution is 7.98. The lowest BCUT2D eigenvalue weighted by Gasteiger charge is -2.05. The van der Waals surface area contributed by atoms with Gasteiger partial charge in [0.2, 0.25) is 6.79 Å². The fraction of sp³-hybridized carbons (Fsp3) is 0.200. The number of thiazole rings is 1. The summed E-state index contributed by atoms with van der Waals surface area (Å²) in [5, 5.41) is 0. The molecule has 162 valence electrons. The van der Waals surface area contributed by atoms with Gasteiger partial charge in [-0.3, -0.25) is 4.79 Å². The largest absolute Gasteiger partial charge is 0.454 e. The van der Waals surface area contributed by atoms with Gasteiger partial charge in [0, 0.05) is 30.0 Å². The Kier molecular flexibility index (Phi) is 6.01. The number of fused-ring (bicyclic) bond motifs is 2. The van der Waals surface area contributed by atoms with E-state index in [2.05, 4.69) is 27.9 Å². The van der Waals surface area contributed by atoms with Crippen LogP contribution in [0.3, 0.4) is 0 Å². The molecule has 1 aliphatic rings. The molecule has 0 bridgehead atoms. The third-order valence-corrected chi connectivity index (χ3v) is 6.98. The predicted octanol–water partition coefficient (Wildman–Crippen LogP) is 5.13. The summed E-state index contributed by atoms with van der Waals surface area (Å²) in [6, 6.07) is 22.0. The van der Waals surface area contributed by atoms with Gasteiger partial charge < -0.3 is 14.0 Å². The van der Waals surface area contributed by atoms with Crippen molar-refractivity contribution < 1.29 is 14.3 Å². The maximum absolute atomic E-state index is 13.0. The average Bonchev–Trinajstić information content (AvgIpc) is 3.40. The first-order valence-corrected chi connectivity index (χ1v) is 12.6. The molecule has 0 saturated carbocycles. The van der Waals surface area contributed by atoms with Crippen LogP contribution in [0.5, 0.6) is 11.5 Å². The van der Waals surface area contributed by atoms with Crippen molar-refractivity contribution in [2.45, 2.75) is 13.0 Å². The molecule has 0 aliphatic carbocycles. The van der Waals surface area contributed by atoms with E-state index in [-0.39, 0.29) is 12.7 Å². The average molecular weight is 463 g/mol. The number of aromatic nitrogens is 1. The molecule has 2 heterocycles. The van der Waals surface area contributed by atoms with Crippen molar-refractivity contribution in [2.75, 3.05) is 18.8 Å². The van der Waals surface area contributed by atoms with Crippen molar-refractivity contribution in [1.29, 1.82) is 0 Å². The molecule has 32 heavy (non-hydrogen) atoms. The van der Waals surface area contributed by atoms with E-state index in [4.69, 9.17) is 9.47 Å². The van der Waals surface area contributed by atoms with Crippen LogP contribution in [0.25, 0.3) is 10.2 Å². The SMILES string of the molecule is CSCCn1c(=NC(=O)c2ccc(Cc3ccccc3)cc2)sc2cc3c(cc21)OCO3. The third kappa shape index (κ3) is 4.31. The fourth-order valence-electron chi connectivity index (χ4n) is 3.69. The lowest BCUT2D eigenvalue weighted by Crippen LogP contribution is -2.18. The van der Waals surface area contributed by atoms with Gasteiger partial charge >= 0.3 is 0 Å². The summed E-state index contributed by atoms with van der Waals surface area (Å²) in [6.45, 7) is 1.01. The molecule has 0 fully saturated rings. The number of nitrogens with zero attached hydrogens (tertiary/aromatic N) is 2. The molecule has 0 spiro atoms. The maximum Gasteiger partial charge on any atom is 0.279 e. The smallest absolute Gasteiger partial charge is 0.279 e. The maximum atomic E-state index is 13.0. The number of thioether (sulfide) groups is 1. The summed E-state index contributed by atoms with van der Waals surface area (Å²) in [6.07, 6.45) is 2.91. The van der Waals surface area contributed by atoms with Crippen molar-refractivity contribution in [3.8, 4) is 11.5 Å². The molecule has 0 N–H and O–H groups in total. The number of aryl methyl sites for hydroxylation is 1. The second-order valence-corrected chi connectivity index (χ2v) is 9.47. The highest BCUT2D eigenvalue weighted by Gasteiger charge is 2.18. The summed E-state index contributed by atoms with van der Waals surface area (Å²) in [5.41, 5.74) is 4.01. The minimum atomic E-state index is -0.235. The zero-order valence-electron chi connectivity index (χ0n) is 17.6. The first kappa shape index (κ1) is 20.8. The number of ether oxygens (including phenoxy) is 2. The summed E-state index contributed by atoms with van der Waals surface area (Å²) in [5.74, 6) is 2.17. The number of carbonyl (C=O) groups is 1. The Morgan fingerprint density at radius 2 is 1.75 bits per heavy atom. The van der Waals surface area contributed by atoms with Crippen molar-refractivity contribution in [1.82, 2.24) is 4.57 Å². The van der Waals surface area contributed by atoms with Crippen molar-refractivity contribution >= 4 is 39.2 Å². The Morgan fingerprint density at radius 1 is 1.03 bits per heavy atom. The number of benzene rings is 3. The summed E-state index contributed by atoms with van der Waals surface area (Å²) in [7, 11) is 0. The van der Waals surface area contributed by atoms with E-state index in [1.807, 2.05) is 54.6 Å². The van der Waals surface area contributed by atoms with E-state index >= 15 is 0 Å². The van der Waals surface area contributed by atoms with Gasteiger partial charge in [-0.2, -0.15) is 16.8 Å². The molecule has 0 atom stereocenters. The van der Waals surface area contributed by atoms with Crippen molar-refractivity contribution in [3.63, 3.8) is 0 Å². The quantitative estimate of drug-likeness (QED) is 0.399. The standard InChI is InChI=1S/C25H22N2O3S2/c1-31-12-11-27-20-14-21-22(30-16-29-21)15-23(20)32-25(27)26-24(28)19-9-7-18(8-10-19)13-17-5-3-2-4-6-17/h2-10,14-15H,11-13,16H2,1H3. The lowest BCUT2D eigenvalue weighted by atomic mass is 10.0. The lowest BCUT2D eigenvalue weighted by molar-refractivity contribution is 0.0998. The Morgan fingerprint density at radius 3 is 2.50 bits per heavy atom. The zero-order valence-corrected chi connectivity index (χ0v) is 19.2. The van der Waals surface area contributed by atoms with Crippen LogP contribution < -0.4 is 14.3 Å². The molecule has 0 unspecified atom stereocenters. The Labute approximate surface area is 194 Å². The van der Waals surface area contributed by atoms with Crippen LogP contribution in [0.1, 0.15) is 21.5 Å². The number of carbonyl (C=O) groups excluding carboxylic acids is 1. The number of hydrogen-bond acceptors (Lipinski definition) is 5. The Bertz CT molecular complexity index is 1330. The molecule has 5 nitrogen and oxygen atoms in total. The minimum absolute atomic E-state index is 0.235. The fourth-order valence-corrected chi connectivity index (χ4v) is 5.12. The third-order valence-electron chi connectivity index (χ3n) is 5.35. The highest BCUT2D eigenvalue weighted by Crippen LogP contribution is 2.37. The van der Waals surface area contributed by atoms with Crippen LogP contribution in [-0.2, 0) is 13.0 Å². The Balaban J connectivity index is 1.45. The van der Waals surface area contributed by atoms with Crippen LogP contribution in [0, 0.1) is 0 Å².